The molecule has 2 N–H and O–H groups in total. The molecule has 0 aromatic carbocycles. The first-order valence-electron chi connectivity index (χ1n) is 6.36. The number of rotatable bonds is 8. The lowest BCUT2D eigenvalue weighted by Crippen LogP contribution is -2.35. The molecule has 0 fully saturated rings. The van der Waals surface area contributed by atoms with E-state index in [0.717, 1.165) is 0 Å². The number of amides is 1. The Morgan fingerprint density at radius 2 is 2.30 bits per heavy atom. The normalized spacial score (nSPS) is 12.2. The molecule has 0 bridgehead atoms. The molecule has 0 aliphatic rings. The Balaban J connectivity index is 2.76. The number of hydrogen-bond donors (Lipinski definition) is 2. The average molecular weight is 288 g/mol. The fourth-order valence-electron chi connectivity index (χ4n) is 1.62. The summed E-state index contributed by atoms with van der Waals surface area (Å²) >= 11 is 0. The molecule has 112 valence electrons. The zero-order valence-electron chi connectivity index (χ0n) is 11.2. The first-order chi connectivity index (χ1) is 9.58. The van der Waals surface area contributed by atoms with Crippen molar-refractivity contribution in [3.05, 3.63) is 23.9 Å². The molecule has 1 aromatic rings. The average Bonchev–Trinajstić information content (AvgIpc) is 2.44. The van der Waals surface area contributed by atoms with Gasteiger partial charge in [0.1, 0.15) is 5.56 Å². The molecule has 0 radical (unpaired) electrons. The van der Waals surface area contributed by atoms with E-state index in [4.69, 9.17) is 9.84 Å². The molecule has 1 heterocycles. The zero-order valence-corrected chi connectivity index (χ0v) is 11.2. The number of aliphatic hydroxyl groups excluding tert-OH is 1. The Labute approximate surface area is 116 Å². The van der Waals surface area contributed by atoms with Gasteiger partial charge in [-0.2, -0.15) is 0 Å². The molecular formula is C13H18F2N2O3. The molecule has 1 unspecified atom stereocenters. The first-order valence-corrected chi connectivity index (χ1v) is 6.36. The molecule has 0 saturated carbocycles. The molecule has 20 heavy (non-hydrogen) atoms. The molecule has 0 spiro atoms. The first kappa shape index (κ1) is 16.3. The summed E-state index contributed by atoms with van der Waals surface area (Å²) in [6.45, 7) is 1.02. The third-order valence-electron chi connectivity index (χ3n) is 2.67. The molecule has 0 saturated heterocycles. The largest absolute Gasteiger partial charge is 0.471 e. The molecule has 7 heteroatoms. The topological polar surface area (TPSA) is 71.5 Å². The van der Waals surface area contributed by atoms with Crippen LogP contribution < -0.4 is 10.1 Å². The Morgan fingerprint density at radius 3 is 2.90 bits per heavy atom. The van der Waals surface area contributed by atoms with E-state index in [-0.39, 0.29) is 24.1 Å². The van der Waals surface area contributed by atoms with Gasteiger partial charge in [-0.15, -0.1) is 0 Å². The number of halogens is 2. The van der Waals surface area contributed by atoms with Crippen LogP contribution in [0.2, 0.25) is 0 Å². The number of hydrogen-bond acceptors (Lipinski definition) is 4. The van der Waals surface area contributed by atoms with Crippen molar-refractivity contribution >= 4 is 5.91 Å². The summed E-state index contributed by atoms with van der Waals surface area (Å²) in [6.07, 6.45) is -0.191. The minimum atomic E-state index is -2.63. The van der Waals surface area contributed by atoms with Gasteiger partial charge in [-0.3, -0.25) is 4.79 Å². The molecule has 0 aliphatic heterocycles. The predicted octanol–water partition coefficient (Wildman–Crippen LogP) is 1.62. The summed E-state index contributed by atoms with van der Waals surface area (Å²) in [5.74, 6) is -0.577. The van der Waals surface area contributed by atoms with Crippen molar-refractivity contribution in [2.45, 2.75) is 32.2 Å². The highest BCUT2D eigenvalue weighted by Crippen LogP contribution is 2.15. The Morgan fingerprint density at radius 1 is 1.55 bits per heavy atom. The van der Waals surface area contributed by atoms with Crippen LogP contribution in [0.1, 0.15) is 30.1 Å². The molecule has 1 atom stereocenters. The second kappa shape index (κ2) is 8.42. The monoisotopic (exact) mass is 288 g/mol. The molecule has 5 nitrogen and oxygen atoms in total. The minimum Gasteiger partial charge on any atom is -0.471 e. The van der Waals surface area contributed by atoms with E-state index in [0.29, 0.717) is 12.8 Å². The van der Waals surface area contributed by atoms with Gasteiger partial charge in [0.15, 0.2) is 6.61 Å². The maximum atomic E-state index is 12.1. The summed E-state index contributed by atoms with van der Waals surface area (Å²) in [7, 11) is 0. The van der Waals surface area contributed by atoms with E-state index in [1.807, 2.05) is 6.92 Å². The third kappa shape index (κ3) is 5.08. The van der Waals surface area contributed by atoms with Crippen LogP contribution in [-0.4, -0.2) is 41.7 Å². The van der Waals surface area contributed by atoms with Gasteiger partial charge in [0.05, 0.1) is 0 Å². The lowest BCUT2D eigenvalue weighted by Gasteiger charge is -2.16. The summed E-state index contributed by atoms with van der Waals surface area (Å²) < 4.78 is 29.1. The lowest BCUT2D eigenvalue weighted by atomic mass is 10.1. The van der Waals surface area contributed by atoms with Crippen molar-refractivity contribution in [1.29, 1.82) is 0 Å². The number of aromatic nitrogens is 1. The molecule has 0 aliphatic carbocycles. The fourth-order valence-corrected chi connectivity index (χ4v) is 1.62. The van der Waals surface area contributed by atoms with Crippen LogP contribution in [0.5, 0.6) is 5.88 Å². The van der Waals surface area contributed by atoms with Crippen LogP contribution in [0.4, 0.5) is 8.78 Å². The van der Waals surface area contributed by atoms with Crippen molar-refractivity contribution in [2.75, 3.05) is 13.2 Å². The fraction of sp³-hybridized carbons (Fsp3) is 0.538. The maximum absolute atomic E-state index is 12.1. The lowest BCUT2D eigenvalue weighted by molar-refractivity contribution is 0.0769. The number of pyridine rings is 1. The maximum Gasteiger partial charge on any atom is 0.272 e. The van der Waals surface area contributed by atoms with E-state index in [2.05, 4.69) is 10.3 Å². The van der Waals surface area contributed by atoms with Gasteiger partial charge in [-0.1, -0.05) is 6.92 Å². The van der Waals surface area contributed by atoms with E-state index < -0.39 is 18.9 Å². The number of carbonyl (C=O) groups excluding carboxylic acids is 1. The molecule has 1 amide bonds. The number of alkyl halides is 2. The summed E-state index contributed by atoms with van der Waals surface area (Å²) in [4.78, 5) is 15.8. The van der Waals surface area contributed by atoms with Gasteiger partial charge in [-0.25, -0.2) is 13.8 Å². The van der Waals surface area contributed by atoms with Crippen LogP contribution in [0.25, 0.3) is 0 Å². The number of nitrogens with zero attached hydrogens (tertiary/aromatic N) is 1. The summed E-state index contributed by atoms with van der Waals surface area (Å²) in [6, 6.07) is 2.79. The molecule has 1 aromatic heterocycles. The third-order valence-corrected chi connectivity index (χ3v) is 2.67. The van der Waals surface area contributed by atoms with Crippen molar-refractivity contribution in [2.24, 2.45) is 0 Å². The van der Waals surface area contributed by atoms with Gasteiger partial charge >= 0.3 is 0 Å². The van der Waals surface area contributed by atoms with E-state index in [1.54, 1.807) is 0 Å². The smallest absolute Gasteiger partial charge is 0.272 e. The number of ether oxygens (including phenoxy) is 1. The summed E-state index contributed by atoms with van der Waals surface area (Å²) in [5, 5.41) is 11.6. The number of aliphatic hydroxyl groups is 1. The van der Waals surface area contributed by atoms with Crippen molar-refractivity contribution in [3.63, 3.8) is 0 Å². The quantitative estimate of drug-likeness (QED) is 0.762. The summed E-state index contributed by atoms with van der Waals surface area (Å²) in [5.41, 5.74) is 0.101. The van der Waals surface area contributed by atoms with Crippen molar-refractivity contribution < 1.29 is 23.4 Å². The van der Waals surface area contributed by atoms with Gasteiger partial charge < -0.3 is 15.2 Å². The molecular weight excluding hydrogens is 270 g/mol. The van der Waals surface area contributed by atoms with Crippen LogP contribution in [0.3, 0.4) is 0 Å². The standard InChI is InChI=1S/C13H18F2N2O3/c1-2-9(5-7-18)17-12(19)10-4-3-6-16-13(10)20-8-11(14)15/h3-4,6,9,11,18H,2,5,7-8H2,1H3,(H,17,19). The predicted molar refractivity (Wildman–Crippen MR) is 69.0 cm³/mol. The Bertz CT molecular complexity index is 430. The minimum absolute atomic E-state index is 0.0411. The SMILES string of the molecule is CCC(CCO)NC(=O)c1cccnc1OCC(F)F. The van der Waals surface area contributed by atoms with Gasteiger partial charge in [0.2, 0.25) is 5.88 Å². The zero-order chi connectivity index (χ0) is 15.0. The number of carbonyl (C=O) groups is 1. The highest BCUT2D eigenvalue weighted by Gasteiger charge is 2.17. The van der Waals surface area contributed by atoms with E-state index in [9.17, 15) is 13.6 Å². The van der Waals surface area contributed by atoms with E-state index >= 15 is 0 Å². The van der Waals surface area contributed by atoms with Crippen LogP contribution in [0, 0.1) is 0 Å². The second-order valence-corrected chi connectivity index (χ2v) is 4.15. The van der Waals surface area contributed by atoms with E-state index in [1.165, 1.54) is 18.3 Å². The van der Waals surface area contributed by atoms with Gasteiger partial charge in [0, 0.05) is 18.8 Å². The number of nitrogens with one attached hydrogen (secondary N) is 1. The van der Waals surface area contributed by atoms with Crippen molar-refractivity contribution in [1.82, 2.24) is 10.3 Å². The van der Waals surface area contributed by atoms with Crippen LogP contribution in [0.15, 0.2) is 18.3 Å². The van der Waals surface area contributed by atoms with Crippen LogP contribution in [-0.2, 0) is 0 Å². The van der Waals surface area contributed by atoms with Gasteiger partial charge in [-0.05, 0) is 25.0 Å². The highest BCUT2D eigenvalue weighted by molar-refractivity contribution is 5.96. The Hall–Kier alpha value is -1.76. The highest BCUT2D eigenvalue weighted by atomic mass is 19.3. The molecule has 1 rings (SSSR count). The van der Waals surface area contributed by atoms with Gasteiger partial charge in [0.25, 0.3) is 12.3 Å². The second-order valence-electron chi connectivity index (χ2n) is 4.15. The Kier molecular flexibility index (Phi) is 6.86. The van der Waals surface area contributed by atoms with Crippen LogP contribution >= 0.6 is 0 Å². The van der Waals surface area contributed by atoms with Crippen molar-refractivity contribution in [3.8, 4) is 5.88 Å².